The van der Waals surface area contributed by atoms with Gasteiger partial charge in [-0.25, -0.2) is 0 Å². The lowest BCUT2D eigenvalue weighted by atomic mass is 10.1. The summed E-state index contributed by atoms with van der Waals surface area (Å²) in [6.45, 7) is 0. The summed E-state index contributed by atoms with van der Waals surface area (Å²) in [5, 5.41) is 2.76. The van der Waals surface area contributed by atoms with E-state index in [1.54, 1.807) is 18.2 Å². The molecule has 0 saturated carbocycles. The molecule has 0 bridgehead atoms. The van der Waals surface area contributed by atoms with Crippen LogP contribution in [0.25, 0.3) is 21.6 Å². The Labute approximate surface area is 128 Å². The Kier molecular flexibility index (Phi) is 2.61. The number of benzene rings is 1. The Hall–Kier alpha value is -2.22. The van der Waals surface area contributed by atoms with E-state index in [2.05, 4.69) is 5.92 Å². The fourth-order valence-electron chi connectivity index (χ4n) is 2.42. The first kappa shape index (κ1) is 12.5. The fourth-order valence-corrected chi connectivity index (χ4v) is 3.50. The number of halogens is 1. The van der Waals surface area contributed by atoms with Gasteiger partial charge in [0.05, 0.1) is 10.3 Å². The molecule has 102 valence electrons. The van der Waals surface area contributed by atoms with E-state index >= 15 is 0 Å². The average molecular weight is 315 g/mol. The molecule has 3 heterocycles. The largest absolute Gasteiger partial charge is 0.465 e. The lowest BCUT2D eigenvalue weighted by Crippen LogP contribution is -2.17. The number of hydrogen-bond donors (Lipinski definition) is 0. The third-order valence-corrected chi connectivity index (χ3v) is 4.55. The molecule has 3 nitrogen and oxygen atoms in total. The van der Waals surface area contributed by atoms with Gasteiger partial charge >= 0.3 is 0 Å². The van der Waals surface area contributed by atoms with Crippen molar-refractivity contribution in [1.29, 1.82) is 0 Å². The number of ether oxygens (including phenoxy) is 1. The van der Waals surface area contributed by atoms with Crippen LogP contribution in [-0.4, -0.2) is 0 Å². The molecule has 0 saturated heterocycles. The molecule has 0 amide bonds. The van der Waals surface area contributed by atoms with E-state index in [4.69, 9.17) is 27.2 Å². The topological polar surface area (TPSA) is 39.4 Å². The van der Waals surface area contributed by atoms with Gasteiger partial charge < -0.3 is 9.15 Å². The van der Waals surface area contributed by atoms with E-state index in [1.165, 1.54) is 11.3 Å². The molecule has 0 fully saturated rings. The van der Waals surface area contributed by atoms with Crippen molar-refractivity contribution in [2.45, 2.75) is 6.10 Å². The SMILES string of the molecule is C#CC1Oc2c(oc3ccc(Cl)cc3c2=O)-c2sccc21. The predicted molar refractivity (Wildman–Crippen MR) is 83.0 cm³/mol. The van der Waals surface area contributed by atoms with Gasteiger partial charge in [-0.15, -0.1) is 17.8 Å². The van der Waals surface area contributed by atoms with Crippen molar-refractivity contribution < 1.29 is 9.15 Å². The van der Waals surface area contributed by atoms with Crippen molar-refractivity contribution in [1.82, 2.24) is 0 Å². The molecule has 5 heteroatoms. The van der Waals surface area contributed by atoms with Crippen molar-refractivity contribution in [3.05, 3.63) is 50.5 Å². The Morgan fingerprint density at radius 2 is 2.19 bits per heavy atom. The van der Waals surface area contributed by atoms with Crippen molar-refractivity contribution in [3.63, 3.8) is 0 Å². The highest BCUT2D eigenvalue weighted by Crippen LogP contribution is 2.44. The normalized spacial score (nSPS) is 15.9. The van der Waals surface area contributed by atoms with Crippen LogP contribution in [0.15, 0.2) is 38.9 Å². The van der Waals surface area contributed by atoms with Gasteiger partial charge in [-0.05, 0) is 29.6 Å². The van der Waals surface area contributed by atoms with E-state index in [9.17, 15) is 4.79 Å². The first-order valence-electron chi connectivity index (χ1n) is 6.16. The van der Waals surface area contributed by atoms with Crippen molar-refractivity contribution in [2.75, 3.05) is 0 Å². The maximum Gasteiger partial charge on any atom is 0.235 e. The van der Waals surface area contributed by atoms with Gasteiger partial charge in [0, 0.05) is 10.6 Å². The molecule has 3 aromatic rings. The molecule has 1 unspecified atom stereocenters. The highest BCUT2D eigenvalue weighted by molar-refractivity contribution is 7.13. The molecule has 1 aromatic carbocycles. The smallest absolute Gasteiger partial charge is 0.235 e. The molecule has 4 rings (SSSR count). The monoisotopic (exact) mass is 314 g/mol. The quantitative estimate of drug-likeness (QED) is 0.583. The first-order chi connectivity index (χ1) is 10.2. The van der Waals surface area contributed by atoms with Crippen LogP contribution in [0.4, 0.5) is 0 Å². The van der Waals surface area contributed by atoms with E-state index in [1.807, 2.05) is 11.4 Å². The minimum absolute atomic E-state index is 0.155. The molecule has 2 aromatic heterocycles. The third kappa shape index (κ3) is 1.72. The number of rotatable bonds is 0. The first-order valence-corrected chi connectivity index (χ1v) is 7.41. The molecule has 1 aliphatic rings. The second-order valence-electron chi connectivity index (χ2n) is 4.60. The highest BCUT2D eigenvalue weighted by Gasteiger charge is 2.31. The van der Waals surface area contributed by atoms with E-state index in [0.717, 1.165) is 10.4 Å². The van der Waals surface area contributed by atoms with Crippen LogP contribution in [0.1, 0.15) is 11.7 Å². The third-order valence-electron chi connectivity index (χ3n) is 3.38. The van der Waals surface area contributed by atoms with Crippen molar-refractivity contribution >= 4 is 33.9 Å². The summed E-state index contributed by atoms with van der Waals surface area (Å²) < 4.78 is 11.5. The van der Waals surface area contributed by atoms with Gasteiger partial charge in [-0.1, -0.05) is 17.5 Å². The molecule has 0 radical (unpaired) electrons. The maximum atomic E-state index is 12.6. The molecule has 0 N–H and O–H groups in total. The summed E-state index contributed by atoms with van der Waals surface area (Å²) in [6, 6.07) is 6.82. The zero-order chi connectivity index (χ0) is 14.6. The van der Waals surface area contributed by atoms with E-state index in [-0.39, 0.29) is 11.2 Å². The lowest BCUT2D eigenvalue weighted by Gasteiger charge is -2.21. The van der Waals surface area contributed by atoms with Gasteiger partial charge in [-0.3, -0.25) is 4.79 Å². The zero-order valence-corrected chi connectivity index (χ0v) is 12.1. The summed E-state index contributed by atoms with van der Waals surface area (Å²) in [7, 11) is 0. The fraction of sp³-hybridized carbons (Fsp3) is 0.0625. The predicted octanol–water partition coefficient (Wildman–Crippen LogP) is 4.24. The van der Waals surface area contributed by atoms with Gasteiger partial charge in [0.25, 0.3) is 0 Å². The van der Waals surface area contributed by atoms with E-state index < -0.39 is 6.10 Å². The van der Waals surface area contributed by atoms with Crippen molar-refractivity contribution in [3.8, 4) is 28.7 Å². The second kappa shape index (κ2) is 4.39. The minimum Gasteiger partial charge on any atom is -0.465 e. The summed E-state index contributed by atoms with van der Waals surface area (Å²) in [5.74, 6) is 3.14. The van der Waals surface area contributed by atoms with Gasteiger partial charge in [0.2, 0.25) is 11.2 Å². The standard InChI is InChI=1S/C16H7ClO3S/c1-2-11-9-5-6-21-16(9)15-14(19-11)13(18)10-7-8(17)3-4-12(10)20-15/h1,3-7,11H. The molecular weight excluding hydrogens is 308 g/mol. The zero-order valence-electron chi connectivity index (χ0n) is 10.6. The van der Waals surface area contributed by atoms with Crippen LogP contribution in [0, 0.1) is 12.3 Å². The summed E-state index contributed by atoms with van der Waals surface area (Å²) in [6.07, 6.45) is 4.93. The summed E-state index contributed by atoms with van der Waals surface area (Å²) in [5.41, 5.74) is 1.07. The summed E-state index contributed by atoms with van der Waals surface area (Å²) >= 11 is 7.42. The molecule has 1 atom stereocenters. The van der Waals surface area contributed by atoms with Gasteiger partial charge in [0.1, 0.15) is 5.58 Å². The van der Waals surface area contributed by atoms with Crippen LogP contribution < -0.4 is 10.2 Å². The van der Waals surface area contributed by atoms with Gasteiger partial charge in [0.15, 0.2) is 11.9 Å². The number of fused-ring (bicyclic) bond motifs is 4. The Bertz CT molecular complexity index is 977. The molecule has 0 aliphatic carbocycles. The number of thiophene rings is 1. The number of terminal acetylenes is 1. The minimum atomic E-state index is -0.571. The molecule has 0 spiro atoms. The Morgan fingerprint density at radius 1 is 1.33 bits per heavy atom. The van der Waals surface area contributed by atoms with Crippen LogP contribution in [0.5, 0.6) is 5.75 Å². The second-order valence-corrected chi connectivity index (χ2v) is 5.95. The van der Waals surface area contributed by atoms with Gasteiger partial charge in [-0.2, -0.15) is 0 Å². The maximum absolute atomic E-state index is 12.6. The molecular formula is C16H7ClO3S. The Morgan fingerprint density at radius 3 is 3.00 bits per heavy atom. The lowest BCUT2D eigenvalue weighted by molar-refractivity contribution is 0.252. The average Bonchev–Trinajstić information content (AvgIpc) is 2.97. The van der Waals surface area contributed by atoms with Crippen molar-refractivity contribution in [2.24, 2.45) is 0 Å². The number of hydrogen-bond acceptors (Lipinski definition) is 4. The van der Waals surface area contributed by atoms with Crippen LogP contribution in [0.2, 0.25) is 5.02 Å². The van der Waals surface area contributed by atoms with Crippen LogP contribution in [0.3, 0.4) is 0 Å². The van der Waals surface area contributed by atoms with Crippen LogP contribution >= 0.6 is 22.9 Å². The molecule has 21 heavy (non-hydrogen) atoms. The summed E-state index contributed by atoms with van der Waals surface area (Å²) in [4.78, 5) is 13.5. The molecule has 1 aliphatic heterocycles. The van der Waals surface area contributed by atoms with Crippen LogP contribution in [-0.2, 0) is 0 Å². The highest BCUT2D eigenvalue weighted by atomic mass is 35.5. The van der Waals surface area contributed by atoms with E-state index in [0.29, 0.717) is 21.8 Å². The Balaban J connectivity index is 2.12.